The van der Waals surface area contributed by atoms with E-state index in [1.807, 2.05) is 12.3 Å². The molecule has 0 saturated carbocycles. The minimum absolute atomic E-state index is 0.236. The van der Waals surface area contributed by atoms with Crippen LogP contribution < -0.4 is 0 Å². The summed E-state index contributed by atoms with van der Waals surface area (Å²) in [7, 11) is 0. The van der Waals surface area contributed by atoms with E-state index >= 15 is 0 Å². The topological polar surface area (TPSA) is 23.8 Å². The Morgan fingerprint density at radius 3 is 2.91 bits per heavy atom. The van der Waals surface area contributed by atoms with Crippen molar-refractivity contribution in [2.24, 2.45) is 0 Å². The first-order chi connectivity index (χ1) is 5.24. The fraction of sp³-hybridized carbons (Fsp3) is 0.375. The molecule has 0 unspecified atom stereocenters. The van der Waals surface area contributed by atoms with E-state index in [9.17, 15) is 4.39 Å². The van der Waals surface area contributed by atoms with Crippen LogP contribution in [-0.4, -0.2) is 0 Å². The fourth-order valence-electron chi connectivity index (χ4n) is 0.954. The molecule has 0 amide bonds. The standard InChI is InChI=1S/C8H8FNS/c1-6-2-3-8(11-5-10)7(9)4-6/h4H,2-3H2,1H3. The van der Waals surface area contributed by atoms with Crippen LogP contribution in [0.2, 0.25) is 0 Å². The Morgan fingerprint density at radius 1 is 1.64 bits per heavy atom. The van der Waals surface area contributed by atoms with Gasteiger partial charge in [-0.05, 0) is 37.6 Å². The average Bonchev–Trinajstić information content (AvgIpc) is 1.95. The predicted octanol–water partition coefficient (Wildman–Crippen LogP) is 3.12. The number of hydrogen-bond acceptors (Lipinski definition) is 2. The lowest BCUT2D eigenvalue weighted by Crippen LogP contribution is -1.90. The van der Waals surface area contributed by atoms with Crippen molar-refractivity contribution in [2.45, 2.75) is 19.8 Å². The number of allylic oxidation sites excluding steroid dienone is 4. The van der Waals surface area contributed by atoms with Crippen molar-refractivity contribution in [3.63, 3.8) is 0 Å². The van der Waals surface area contributed by atoms with Gasteiger partial charge in [-0.25, -0.2) is 4.39 Å². The Kier molecular flexibility index (Phi) is 2.72. The maximum atomic E-state index is 12.9. The normalized spacial score (nSPS) is 17.7. The van der Waals surface area contributed by atoms with E-state index < -0.39 is 0 Å². The van der Waals surface area contributed by atoms with Crippen molar-refractivity contribution in [1.82, 2.24) is 0 Å². The second-order valence-electron chi connectivity index (χ2n) is 2.46. The molecule has 0 N–H and O–H groups in total. The molecule has 0 aromatic carbocycles. The summed E-state index contributed by atoms with van der Waals surface area (Å²) in [6.45, 7) is 1.90. The zero-order valence-electron chi connectivity index (χ0n) is 6.22. The van der Waals surface area contributed by atoms with Crippen LogP contribution in [0.25, 0.3) is 0 Å². The molecule has 0 saturated heterocycles. The number of rotatable bonds is 1. The minimum Gasteiger partial charge on any atom is -0.206 e. The quantitative estimate of drug-likeness (QED) is 0.563. The summed E-state index contributed by atoms with van der Waals surface area (Å²) in [5, 5.41) is 10.2. The molecule has 0 aromatic rings. The predicted molar refractivity (Wildman–Crippen MR) is 44.3 cm³/mol. The van der Waals surface area contributed by atoms with Gasteiger partial charge in [0.25, 0.3) is 0 Å². The molecule has 0 aromatic heterocycles. The Hall–Kier alpha value is -0.750. The van der Waals surface area contributed by atoms with Crippen molar-refractivity contribution >= 4 is 11.8 Å². The van der Waals surface area contributed by atoms with Crippen LogP contribution in [0.4, 0.5) is 4.39 Å². The van der Waals surface area contributed by atoms with Gasteiger partial charge >= 0.3 is 0 Å². The van der Waals surface area contributed by atoms with E-state index in [1.54, 1.807) is 0 Å². The molecule has 1 aliphatic rings. The summed E-state index contributed by atoms with van der Waals surface area (Å²) >= 11 is 0.928. The smallest absolute Gasteiger partial charge is 0.138 e. The molecule has 1 aliphatic carbocycles. The number of halogens is 1. The number of thiocyanates is 1. The fourth-order valence-corrected chi connectivity index (χ4v) is 1.42. The van der Waals surface area contributed by atoms with Gasteiger partial charge in [0, 0.05) is 4.91 Å². The van der Waals surface area contributed by atoms with Gasteiger partial charge in [0.1, 0.15) is 11.2 Å². The molecule has 58 valence electrons. The molecule has 0 spiro atoms. The van der Waals surface area contributed by atoms with Crippen molar-refractivity contribution in [1.29, 1.82) is 5.26 Å². The number of nitrogens with zero attached hydrogens (tertiary/aromatic N) is 1. The van der Waals surface area contributed by atoms with Crippen LogP contribution in [0.3, 0.4) is 0 Å². The zero-order valence-corrected chi connectivity index (χ0v) is 7.04. The third kappa shape index (κ3) is 2.09. The summed E-state index contributed by atoms with van der Waals surface area (Å²) in [6.07, 6.45) is 3.05. The summed E-state index contributed by atoms with van der Waals surface area (Å²) in [4.78, 5) is 0.568. The summed E-state index contributed by atoms with van der Waals surface area (Å²) in [5.41, 5.74) is 1.05. The minimum atomic E-state index is -0.236. The van der Waals surface area contributed by atoms with Gasteiger partial charge in [-0.2, -0.15) is 5.26 Å². The van der Waals surface area contributed by atoms with E-state index in [0.29, 0.717) is 11.3 Å². The van der Waals surface area contributed by atoms with E-state index in [2.05, 4.69) is 0 Å². The van der Waals surface area contributed by atoms with Gasteiger partial charge in [0.15, 0.2) is 0 Å². The molecule has 3 heteroatoms. The molecule has 0 atom stereocenters. The van der Waals surface area contributed by atoms with Crippen LogP contribution in [0.15, 0.2) is 22.4 Å². The Labute approximate surface area is 69.6 Å². The highest BCUT2D eigenvalue weighted by Crippen LogP contribution is 2.31. The highest BCUT2D eigenvalue weighted by Gasteiger charge is 2.10. The van der Waals surface area contributed by atoms with Crippen molar-refractivity contribution in [2.75, 3.05) is 0 Å². The van der Waals surface area contributed by atoms with Gasteiger partial charge < -0.3 is 0 Å². The van der Waals surface area contributed by atoms with Crippen LogP contribution in [-0.2, 0) is 0 Å². The highest BCUT2D eigenvalue weighted by atomic mass is 32.2. The first-order valence-corrected chi connectivity index (χ1v) is 4.17. The molecule has 11 heavy (non-hydrogen) atoms. The Morgan fingerprint density at radius 2 is 2.36 bits per heavy atom. The van der Waals surface area contributed by atoms with Gasteiger partial charge in [-0.15, -0.1) is 0 Å². The molecule has 0 radical (unpaired) electrons. The SMILES string of the molecule is CC1=CC(F)=C(SC#N)CC1. The maximum Gasteiger partial charge on any atom is 0.138 e. The Balaban J connectivity index is 2.79. The molecule has 0 heterocycles. The molecular weight excluding hydrogens is 161 g/mol. The highest BCUT2D eigenvalue weighted by molar-refractivity contribution is 8.07. The zero-order chi connectivity index (χ0) is 8.27. The van der Waals surface area contributed by atoms with Crippen LogP contribution in [0, 0.1) is 10.7 Å². The van der Waals surface area contributed by atoms with Gasteiger partial charge in [0.05, 0.1) is 0 Å². The van der Waals surface area contributed by atoms with Crippen LogP contribution in [0.5, 0.6) is 0 Å². The third-order valence-corrected chi connectivity index (χ3v) is 2.29. The second kappa shape index (κ2) is 3.59. The molecule has 0 aliphatic heterocycles. The molecular formula is C8H8FNS. The molecule has 0 bridgehead atoms. The monoisotopic (exact) mass is 169 g/mol. The average molecular weight is 169 g/mol. The lowest BCUT2D eigenvalue weighted by atomic mass is 10.1. The van der Waals surface area contributed by atoms with Gasteiger partial charge in [0.2, 0.25) is 0 Å². The summed E-state index contributed by atoms with van der Waals surface area (Å²) < 4.78 is 12.9. The molecule has 0 fully saturated rings. The molecule has 1 rings (SSSR count). The summed E-state index contributed by atoms with van der Waals surface area (Å²) in [6, 6.07) is 0. The summed E-state index contributed by atoms with van der Waals surface area (Å²) in [5.74, 6) is -0.236. The van der Waals surface area contributed by atoms with Crippen molar-refractivity contribution in [3.05, 3.63) is 22.4 Å². The second-order valence-corrected chi connectivity index (χ2v) is 3.33. The van der Waals surface area contributed by atoms with E-state index in [4.69, 9.17) is 5.26 Å². The Bertz CT molecular complexity index is 260. The number of hydrogen-bond donors (Lipinski definition) is 0. The van der Waals surface area contributed by atoms with Gasteiger partial charge in [-0.1, -0.05) is 5.57 Å². The van der Waals surface area contributed by atoms with E-state index in [-0.39, 0.29) is 5.83 Å². The maximum absolute atomic E-state index is 12.9. The van der Waals surface area contributed by atoms with Crippen LogP contribution in [0.1, 0.15) is 19.8 Å². The van der Waals surface area contributed by atoms with Gasteiger partial charge in [-0.3, -0.25) is 0 Å². The lowest BCUT2D eigenvalue weighted by molar-refractivity contribution is 0.643. The lowest BCUT2D eigenvalue weighted by Gasteiger charge is -2.09. The third-order valence-electron chi connectivity index (χ3n) is 1.55. The largest absolute Gasteiger partial charge is 0.206 e. The van der Waals surface area contributed by atoms with Crippen molar-refractivity contribution in [3.8, 4) is 5.40 Å². The number of nitriles is 1. The van der Waals surface area contributed by atoms with E-state index in [1.165, 1.54) is 6.08 Å². The first kappa shape index (κ1) is 8.35. The van der Waals surface area contributed by atoms with Crippen molar-refractivity contribution < 1.29 is 4.39 Å². The first-order valence-electron chi connectivity index (χ1n) is 3.36. The molecule has 1 nitrogen and oxygen atoms in total. The van der Waals surface area contributed by atoms with E-state index in [0.717, 1.165) is 23.8 Å². The van der Waals surface area contributed by atoms with Crippen LogP contribution >= 0.6 is 11.8 Å². The number of thioether (sulfide) groups is 1.